The Morgan fingerprint density at radius 1 is 1.16 bits per heavy atom. The number of aromatic hydroxyl groups is 1. The van der Waals surface area contributed by atoms with Crippen LogP contribution >= 0.6 is 0 Å². The minimum atomic E-state index is -0.222. The highest BCUT2D eigenvalue weighted by molar-refractivity contribution is 5.94. The fourth-order valence-electron chi connectivity index (χ4n) is 3.37. The van der Waals surface area contributed by atoms with E-state index in [1.807, 2.05) is 16.7 Å². The summed E-state index contributed by atoms with van der Waals surface area (Å²) < 4.78 is 1.99. The van der Waals surface area contributed by atoms with Gasteiger partial charge in [0.15, 0.2) is 17.3 Å². The third-order valence-corrected chi connectivity index (χ3v) is 5.11. The average Bonchev–Trinajstić information content (AvgIpc) is 3.24. The van der Waals surface area contributed by atoms with Crippen LogP contribution in [0.3, 0.4) is 0 Å². The molecule has 0 saturated heterocycles. The van der Waals surface area contributed by atoms with Gasteiger partial charge in [-0.15, -0.1) is 0 Å². The number of anilines is 1. The predicted octanol–water partition coefficient (Wildman–Crippen LogP) is 3.19. The van der Waals surface area contributed by atoms with Gasteiger partial charge in [-0.25, -0.2) is 15.0 Å². The van der Waals surface area contributed by atoms with Gasteiger partial charge in [0.05, 0.1) is 11.9 Å². The molecule has 3 N–H and O–H groups in total. The second kappa shape index (κ2) is 9.01. The number of benzene rings is 1. The number of carbonyl (C=O) groups excluding carboxylic acids is 1. The molecule has 1 amide bonds. The van der Waals surface area contributed by atoms with E-state index in [0.717, 1.165) is 12.0 Å². The number of imidazole rings is 1. The van der Waals surface area contributed by atoms with Gasteiger partial charge in [0.2, 0.25) is 0 Å². The predicted molar refractivity (Wildman–Crippen MR) is 123 cm³/mol. The number of amides is 1. The maximum Gasteiger partial charge on any atom is 0.252 e. The topological polar surface area (TPSA) is 118 Å². The lowest BCUT2D eigenvalue weighted by molar-refractivity contribution is 0.0962. The van der Waals surface area contributed by atoms with Crippen molar-refractivity contribution in [2.75, 3.05) is 18.9 Å². The van der Waals surface area contributed by atoms with E-state index in [1.54, 1.807) is 37.8 Å². The smallest absolute Gasteiger partial charge is 0.252 e. The first-order chi connectivity index (χ1) is 15.5. The lowest BCUT2D eigenvalue weighted by atomic mass is 10.1. The molecule has 0 bridgehead atoms. The molecule has 0 aliphatic rings. The Morgan fingerprint density at radius 3 is 2.66 bits per heavy atom. The number of nitrogens with zero attached hydrogens (tertiary/aromatic N) is 5. The molecule has 0 fully saturated rings. The van der Waals surface area contributed by atoms with Crippen LogP contribution in [-0.4, -0.2) is 49.1 Å². The second-order valence-electron chi connectivity index (χ2n) is 7.70. The number of nitrogens with one attached hydrogen (secondary N) is 2. The molecule has 3 heterocycles. The molecule has 32 heavy (non-hydrogen) atoms. The summed E-state index contributed by atoms with van der Waals surface area (Å²) >= 11 is 0. The molecule has 0 aliphatic carbocycles. The van der Waals surface area contributed by atoms with E-state index in [1.165, 1.54) is 6.20 Å². The van der Waals surface area contributed by atoms with Crippen LogP contribution in [0.4, 0.5) is 5.82 Å². The fourth-order valence-corrected chi connectivity index (χ4v) is 3.37. The van der Waals surface area contributed by atoms with Crippen molar-refractivity contribution in [2.24, 2.45) is 0 Å². The zero-order chi connectivity index (χ0) is 22.7. The summed E-state index contributed by atoms with van der Waals surface area (Å²) in [5.74, 6) is 1.11. The minimum Gasteiger partial charge on any atom is -0.508 e. The highest BCUT2D eigenvalue weighted by atomic mass is 16.3. The number of pyridine rings is 1. The quantitative estimate of drug-likeness (QED) is 0.411. The van der Waals surface area contributed by atoms with Gasteiger partial charge >= 0.3 is 0 Å². The third-order valence-electron chi connectivity index (χ3n) is 5.11. The highest BCUT2D eigenvalue weighted by Gasteiger charge is 2.17. The molecule has 0 spiro atoms. The third kappa shape index (κ3) is 4.36. The first-order valence-corrected chi connectivity index (χ1v) is 10.4. The number of fused-ring (bicyclic) bond motifs is 1. The number of phenolic OH excluding ortho intramolecular Hbond substituents is 1. The van der Waals surface area contributed by atoms with Gasteiger partial charge in [0.1, 0.15) is 11.3 Å². The normalized spacial score (nSPS) is 11.1. The van der Waals surface area contributed by atoms with Crippen molar-refractivity contribution in [3.05, 3.63) is 60.2 Å². The van der Waals surface area contributed by atoms with Crippen molar-refractivity contribution in [3.8, 4) is 17.1 Å². The van der Waals surface area contributed by atoms with E-state index in [0.29, 0.717) is 40.5 Å². The molecule has 0 aliphatic heterocycles. The standard InChI is InChI=1S/C23H25N7O2/c1-14(2)30-13-27-19-21(26-9-8-15-4-6-18(31)7-5-15)28-20(29-22(19)30)16-10-17(12-25-11-16)23(32)24-3/h4-7,10-14,31H,8-9H2,1-3H3,(H,24,32)(H,26,28,29). The lowest BCUT2D eigenvalue weighted by Crippen LogP contribution is -2.18. The summed E-state index contributed by atoms with van der Waals surface area (Å²) in [7, 11) is 1.58. The van der Waals surface area contributed by atoms with Crippen LogP contribution in [0.2, 0.25) is 0 Å². The van der Waals surface area contributed by atoms with Gasteiger partial charge in [-0.1, -0.05) is 12.1 Å². The monoisotopic (exact) mass is 431 g/mol. The van der Waals surface area contributed by atoms with Crippen molar-refractivity contribution >= 4 is 22.9 Å². The van der Waals surface area contributed by atoms with Crippen LogP contribution in [-0.2, 0) is 6.42 Å². The number of carbonyl (C=O) groups is 1. The molecular weight excluding hydrogens is 406 g/mol. The molecule has 0 radical (unpaired) electrons. The van der Waals surface area contributed by atoms with E-state index in [-0.39, 0.29) is 17.7 Å². The summed E-state index contributed by atoms with van der Waals surface area (Å²) in [5.41, 5.74) is 3.57. The molecule has 0 saturated carbocycles. The summed E-state index contributed by atoms with van der Waals surface area (Å²) in [5, 5.41) is 15.4. The lowest BCUT2D eigenvalue weighted by Gasteiger charge is -2.12. The molecular formula is C23H25N7O2. The Hall–Kier alpha value is -4.01. The summed E-state index contributed by atoms with van der Waals surface area (Å²) in [6.07, 6.45) is 5.66. The molecule has 0 atom stereocenters. The van der Waals surface area contributed by atoms with Crippen LogP contribution < -0.4 is 10.6 Å². The Balaban J connectivity index is 1.70. The van der Waals surface area contributed by atoms with Crippen LogP contribution in [0.1, 0.15) is 35.8 Å². The maximum absolute atomic E-state index is 12.0. The van der Waals surface area contributed by atoms with Gasteiger partial charge in [-0.3, -0.25) is 9.78 Å². The second-order valence-corrected chi connectivity index (χ2v) is 7.70. The van der Waals surface area contributed by atoms with Crippen LogP contribution in [0.25, 0.3) is 22.6 Å². The van der Waals surface area contributed by atoms with Gasteiger partial charge in [-0.2, -0.15) is 0 Å². The van der Waals surface area contributed by atoms with E-state index in [4.69, 9.17) is 9.97 Å². The summed E-state index contributed by atoms with van der Waals surface area (Å²) in [6.45, 7) is 4.75. The van der Waals surface area contributed by atoms with Gasteiger partial charge < -0.3 is 20.3 Å². The number of hydrogen-bond acceptors (Lipinski definition) is 7. The first-order valence-electron chi connectivity index (χ1n) is 10.4. The molecule has 164 valence electrons. The maximum atomic E-state index is 12.0. The Morgan fingerprint density at radius 2 is 1.94 bits per heavy atom. The Kier molecular flexibility index (Phi) is 5.98. The SMILES string of the molecule is CNC(=O)c1cncc(-c2nc(NCCc3ccc(O)cc3)c3ncn(C(C)C)c3n2)c1. The van der Waals surface area contributed by atoms with E-state index in [2.05, 4.69) is 34.4 Å². The zero-order valence-electron chi connectivity index (χ0n) is 18.2. The fraction of sp³-hybridized carbons (Fsp3) is 0.261. The van der Waals surface area contributed by atoms with Crippen molar-refractivity contribution in [1.82, 2.24) is 29.8 Å². The Labute approximate surface area is 185 Å². The van der Waals surface area contributed by atoms with Crippen LogP contribution in [0.15, 0.2) is 49.1 Å². The molecule has 4 aromatic rings. The highest BCUT2D eigenvalue weighted by Crippen LogP contribution is 2.26. The van der Waals surface area contributed by atoms with Crippen molar-refractivity contribution in [2.45, 2.75) is 26.3 Å². The number of aromatic nitrogens is 5. The molecule has 0 unspecified atom stereocenters. The summed E-state index contributed by atoms with van der Waals surface area (Å²) in [4.78, 5) is 30.2. The first kappa shape index (κ1) is 21.2. The van der Waals surface area contributed by atoms with Crippen molar-refractivity contribution in [3.63, 3.8) is 0 Å². The van der Waals surface area contributed by atoms with E-state index < -0.39 is 0 Å². The average molecular weight is 432 g/mol. The van der Waals surface area contributed by atoms with Crippen molar-refractivity contribution in [1.29, 1.82) is 0 Å². The molecule has 1 aromatic carbocycles. The Bertz CT molecular complexity index is 1250. The molecule has 9 nitrogen and oxygen atoms in total. The van der Waals surface area contributed by atoms with Crippen LogP contribution in [0.5, 0.6) is 5.75 Å². The molecule has 4 rings (SSSR count). The van der Waals surface area contributed by atoms with E-state index in [9.17, 15) is 9.90 Å². The van der Waals surface area contributed by atoms with Gasteiger partial charge in [0, 0.05) is 37.6 Å². The molecule has 9 heteroatoms. The number of rotatable bonds is 7. The van der Waals surface area contributed by atoms with Gasteiger partial charge in [-0.05, 0) is 44.0 Å². The molecule has 3 aromatic heterocycles. The van der Waals surface area contributed by atoms with Gasteiger partial charge in [0.25, 0.3) is 5.91 Å². The largest absolute Gasteiger partial charge is 0.508 e. The number of hydrogen-bond donors (Lipinski definition) is 3. The summed E-state index contributed by atoms with van der Waals surface area (Å²) in [6, 6.07) is 9.02. The van der Waals surface area contributed by atoms with E-state index >= 15 is 0 Å². The number of phenols is 1. The minimum absolute atomic E-state index is 0.169. The van der Waals surface area contributed by atoms with Crippen LogP contribution in [0, 0.1) is 0 Å². The van der Waals surface area contributed by atoms with Crippen molar-refractivity contribution < 1.29 is 9.90 Å². The zero-order valence-corrected chi connectivity index (χ0v) is 18.2.